The quantitative estimate of drug-likeness (QED) is 0.560. The van der Waals surface area contributed by atoms with Crippen molar-refractivity contribution in [2.45, 2.75) is 45.1 Å². The summed E-state index contributed by atoms with van der Waals surface area (Å²) in [5, 5.41) is 0.836. The second kappa shape index (κ2) is 9.95. The Morgan fingerprint density at radius 3 is 2.33 bits per heavy atom. The van der Waals surface area contributed by atoms with E-state index in [-0.39, 0.29) is 12.3 Å². The molecule has 0 spiro atoms. The van der Waals surface area contributed by atoms with E-state index < -0.39 is 5.60 Å². The number of hydrogen-bond acceptors (Lipinski definition) is 3. The van der Waals surface area contributed by atoms with Gasteiger partial charge < -0.3 is 14.4 Å². The van der Waals surface area contributed by atoms with Crippen LogP contribution in [0.2, 0.25) is 10.0 Å². The van der Waals surface area contributed by atoms with Gasteiger partial charge in [0.25, 0.3) is 0 Å². The minimum atomic E-state index is -0.913. The molecule has 0 radical (unpaired) electrons. The zero-order valence-corrected chi connectivity index (χ0v) is 18.9. The Morgan fingerprint density at radius 1 is 1.07 bits per heavy atom. The van der Waals surface area contributed by atoms with Gasteiger partial charge in [0.05, 0.1) is 29.6 Å². The number of morpholine rings is 1. The molecule has 3 rings (SSSR count). The molecule has 2 aromatic carbocycles. The second-order valence-electron chi connectivity index (χ2n) is 7.70. The van der Waals surface area contributed by atoms with Crippen LogP contribution in [0.4, 0.5) is 0 Å². The first-order valence-electron chi connectivity index (χ1n) is 10.3. The molecule has 160 valence electrons. The molecule has 2 aromatic rings. The summed E-state index contributed by atoms with van der Waals surface area (Å²) in [5.41, 5.74) is 3.35. The van der Waals surface area contributed by atoms with Crippen LogP contribution in [0.25, 0.3) is 0 Å². The number of aldehydes is 1. The molecular weight excluding hydrogens is 421 g/mol. The summed E-state index contributed by atoms with van der Waals surface area (Å²) in [6.45, 7) is 5.39. The number of amides is 1. The van der Waals surface area contributed by atoms with E-state index >= 15 is 0 Å². The van der Waals surface area contributed by atoms with Crippen LogP contribution in [-0.2, 0) is 39.2 Å². The van der Waals surface area contributed by atoms with Gasteiger partial charge in [-0.1, -0.05) is 61.3 Å². The molecule has 0 saturated carbocycles. The fraction of sp³-hybridized carbons (Fsp3) is 0.417. The van der Waals surface area contributed by atoms with Crippen LogP contribution < -0.4 is 0 Å². The van der Waals surface area contributed by atoms with Gasteiger partial charge in [0, 0.05) is 13.0 Å². The van der Waals surface area contributed by atoms with Crippen molar-refractivity contribution in [3.05, 3.63) is 68.7 Å². The molecule has 1 heterocycles. The van der Waals surface area contributed by atoms with E-state index in [2.05, 4.69) is 32.0 Å². The molecule has 1 saturated heterocycles. The highest BCUT2D eigenvalue weighted by Crippen LogP contribution is 2.36. The van der Waals surface area contributed by atoms with Crippen LogP contribution in [0.1, 0.15) is 42.5 Å². The molecule has 1 atom stereocenters. The molecule has 0 aromatic heterocycles. The molecule has 4 nitrogen and oxygen atoms in total. The molecule has 30 heavy (non-hydrogen) atoms. The summed E-state index contributed by atoms with van der Waals surface area (Å²) in [7, 11) is 0. The molecule has 1 unspecified atom stereocenters. The summed E-state index contributed by atoms with van der Waals surface area (Å²) in [5.74, 6) is 0.0314. The summed E-state index contributed by atoms with van der Waals surface area (Å²) < 4.78 is 6.06. The monoisotopic (exact) mass is 447 g/mol. The summed E-state index contributed by atoms with van der Waals surface area (Å²) in [6, 6.07) is 11.6. The SMILES string of the molecule is CCc1cc(CC)cc(CC(=O)N2CCOC(CC=O)(c3ccc(Cl)c(Cl)c3)C2)c1. The van der Waals surface area contributed by atoms with E-state index in [1.54, 1.807) is 17.0 Å². The number of carbonyl (C=O) groups excluding carboxylic acids is 2. The van der Waals surface area contributed by atoms with E-state index in [4.69, 9.17) is 27.9 Å². The van der Waals surface area contributed by atoms with Crippen LogP contribution >= 0.6 is 23.2 Å². The number of hydrogen-bond donors (Lipinski definition) is 0. The van der Waals surface area contributed by atoms with Crippen LogP contribution in [0, 0.1) is 0 Å². The lowest BCUT2D eigenvalue weighted by Gasteiger charge is -2.42. The molecular formula is C24H27Cl2NO3. The minimum Gasteiger partial charge on any atom is -0.366 e. The number of rotatable bonds is 7. The lowest BCUT2D eigenvalue weighted by Crippen LogP contribution is -2.52. The zero-order chi connectivity index (χ0) is 21.7. The number of benzene rings is 2. The Morgan fingerprint density at radius 2 is 1.73 bits per heavy atom. The molecule has 1 aliphatic rings. The fourth-order valence-corrected chi connectivity index (χ4v) is 4.26. The normalized spacial score (nSPS) is 19.0. The molecule has 0 N–H and O–H groups in total. The van der Waals surface area contributed by atoms with E-state index in [0.717, 1.165) is 30.3 Å². The van der Waals surface area contributed by atoms with E-state index in [1.165, 1.54) is 11.1 Å². The van der Waals surface area contributed by atoms with Crippen molar-refractivity contribution in [3.8, 4) is 0 Å². The predicted molar refractivity (Wildman–Crippen MR) is 120 cm³/mol. The lowest BCUT2D eigenvalue weighted by atomic mass is 9.88. The number of ether oxygens (including phenoxy) is 1. The second-order valence-corrected chi connectivity index (χ2v) is 8.51. The number of halogens is 2. The van der Waals surface area contributed by atoms with Crippen molar-refractivity contribution < 1.29 is 14.3 Å². The highest BCUT2D eigenvalue weighted by atomic mass is 35.5. The van der Waals surface area contributed by atoms with Crippen LogP contribution in [0.15, 0.2) is 36.4 Å². The Balaban J connectivity index is 1.83. The Hall–Kier alpha value is -1.88. The van der Waals surface area contributed by atoms with Gasteiger partial charge in [-0.05, 0) is 47.2 Å². The fourth-order valence-electron chi connectivity index (χ4n) is 3.96. The van der Waals surface area contributed by atoms with Crippen LogP contribution in [0.5, 0.6) is 0 Å². The van der Waals surface area contributed by atoms with Crippen molar-refractivity contribution in [3.63, 3.8) is 0 Å². The third-order valence-corrected chi connectivity index (χ3v) is 6.42. The van der Waals surface area contributed by atoms with Gasteiger partial charge in [0.1, 0.15) is 11.9 Å². The number of nitrogens with zero attached hydrogens (tertiary/aromatic N) is 1. The lowest BCUT2D eigenvalue weighted by molar-refractivity contribution is -0.155. The Kier molecular flexibility index (Phi) is 7.56. The van der Waals surface area contributed by atoms with Crippen molar-refractivity contribution in [2.24, 2.45) is 0 Å². The van der Waals surface area contributed by atoms with E-state index in [9.17, 15) is 9.59 Å². The average molecular weight is 448 g/mol. The molecule has 1 aliphatic heterocycles. The first kappa shape index (κ1) is 22.8. The van der Waals surface area contributed by atoms with Crippen molar-refractivity contribution in [1.82, 2.24) is 4.90 Å². The molecule has 1 amide bonds. The highest BCUT2D eigenvalue weighted by molar-refractivity contribution is 6.42. The molecule has 0 bridgehead atoms. The molecule has 1 fully saturated rings. The van der Waals surface area contributed by atoms with Gasteiger partial charge >= 0.3 is 0 Å². The maximum Gasteiger partial charge on any atom is 0.227 e. The van der Waals surface area contributed by atoms with Crippen molar-refractivity contribution in [2.75, 3.05) is 19.7 Å². The van der Waals surface area contributed by atoms with Crippen molar-refractivity contribution in [1.29, 1.82) is 0 Å². The van der Waals surface area contributed by atoms with Crippen LogP contribution in [0.3, 0.4) is 0 Å². The maximum atomic E-state index is 13.1. The van der Waals surface area contributed by atoms with Gasteiger partial charge in [0.15, 0.2) is 0 Å². The standard InChI is InChI=1S/C24H27Cl2NO3/c1-3-17-11-18(4-2)13-19(12-17)14-23(29)27-8-10-30-24(16-27,7-9-28)20-5-6-21(25)22(26)15-20/h5-6,9,11-13,15H,3-4,7-8,10,14,16H2,1-2H3. The van der Waals surface area contributed by atoms with Gasteiger partial charge in [-0.2, -0.15) is 0 Å². The van der Waals surface area contributed by atoms with Crippen molar-refractivity contribution >= 4 is 35.4 Å². The first-order chi connectivity index (χ1) is 14.4. The Bertz CT molecular complexity index is 908. The third-order valence-electron chi connectivity index (χ3n) is 5.68. The first-order valence-corrected chi connectivity index (χ1v) is 11.1. The smallest absolute Gasteiger partial charge is 0.227 e. The van der Waals surface area contributed by atoms with Gasteiger partial charge in [-0.3, -0.25) is 4.79 Å². The summed E-state index contributed by atoms with van der Waals surface area (Å²) in [6.07, 6.45) is 3.17. The van der Waals surface area contributed by atoms with Crippen LogP contribution in [-0.4, -0.2) is 36.8 Å². The molecule has 6 heteroatoms. The minimum absolute atomic E-state index is 0.0314. The van der Waals surface area contributed by atoms with Gasteiger partial charge in [-0.15, -0.1) is 0 Å². The zero-order valence-electron chi connectivity index (χ0n) is 17.4. The van der Waals surface area contributed by atoms with E-state index in [0.29, 0.717) is 36.2 Å². The largest absolute Gasteiger partial charge is 0.366 e. The topological polar surface area (TPSA) is 46.6 Å². The van der Waals surface area contributed by atoms with E-state index in [1.807, 2.05) is 6.07 Å². The maximum absolute atomic E-state index is 13.1. The average Bonchev–Trinajstić information content (AvgIpc) is 2.75. The predicted octanol–water partition coefficient (Wildman–Crippen LogP) is 5.00. The van der Waals surface area contributed by atoms with Gasteiger partial charge in [-0.25, -0.2) is 0 Å². The third kappa shape index (κ3) is 5.05. The summed E-state index contributed by atoms with van der Waals surface area (Å²) in [4.78, 5) is 26.4. The summed E-state index contributed by atoms with van der Waals surface area (Å²) >= 11 is 12.3. The highest BCUT2D eigenvalue weighted by Gasteiger charge is 2.40. The number of carbonyl (C=O) groups is 2. The molecule has 0 aliphatic carbocycles. The number of aryl methyl sites for hydroxylation is 2. The Labute approximate surface area is 188 Å². The van der Waals surface area contributed by atoms with Gasteiger partial charge in [0.2, 0.25) is 5.91 Å².